The molecule has 0 aliphatic heterocycles. The Labute approximate surface area is 210 Å². The minimum Gasteiger partial charge on any atom is -0.465 e. The Morgan fingerprint density at radius 2 is 1.68 bits per heavy atom. The van der Waals surface area contributed by atoms with E-state index in [0.29, 0.717) is 12.1 Å². The molecule has 1 heterocycles. The number of alkyl halides is 7. The van der Waals surface area contributed by atoms with Gasteiger partial charge in [0.2, 0.25) is 0 Å². The van der Waals surface area contributed by atoms with Crippen LogP contribution < -0.4 is 10.2 Å². The summed E-state index contributed by atoms with van der Waals surface area (Å²) in [4.78, 5) is 29.2. The second-order valence-electron chi connectivity index (χ2n) is 8.17. The van der Waals surface area contributed by atoms with Crippen molar-refractivity contribution in [3.8, 4) is 5.69 Å². The first-order valence-electron chi connectivity index (χ1n) is 10.8. The number of nitrogens with zero attached hydrogens (tertiary/aromatic N) is 4. The van der Waals surface area contributed by atoms with Crippen LogP contribution in [0.15, 0.2) is 43.0 Å². The topological polar surface area (TPSA) is 100 Å². The van der Waals surface area contributed by atoms with E-state index in [1.807, 2.05) is 0 Å². The molecule has 0 aliphatic carbocycles. The maximum atomic E-state index is 14.6. The number of rotatable bonds is 6. The molecule has 2 aromatic carbocycles. The first-order valence-corrected chi connectivity index (χ1v) is 10.8. The summed E-state index contributed by atoms with van der Waals surface area (Å²) in [5, 5.41) is 15.8. The number of hydrogen-bond donors (Lipinski definition) is 2. The molecule has 0 bridgehead atoms. The summed E-state index contributed by atoms with van der Waals surface area (Å²) in [6.45, 7) is 2.53. The number of halogens is 7. The fourth-order valence-electron chi connectivity index (χ4n) is 3.75. The van der Waals surface area contributed by atoms with E-state index >= 15 is 0 Å². The summed E-state index contributed by atoms with van der Waals surface area (Å²) in [7, 11) is 1.21. The van der Waals surface area contributed by atoms with Crippen molar-refractivity contribution in [3.05, 3.63) is 65.2 Å². The first kappa shape index (κ1) is 28.4. The smallest absolute Gasteiger partial charge is 0.435 e. The highest BCUT2D eigenvalue weighted by molar-refractivity contribution is 6.06. The highest BCUT2D eigenvalue weighted by Gasteiger charge is 2.73. The molecular formula is C23H20F7N5O3. The zero-order valence-electron chi connectivity index (χ0n) is 19.9. The fourth-order valence-corrected chi connectivity index (χ4v) is 3.75. The van der Waals surface area contributed by atoms with Gasteiger partial charge in [-0.25, -0.2) is 18.9 Å². The molecule has 0 atom stereocenters. The molecule has 0 fully saturated rings. The van der Waals surface area contributed by atoms with Gasteiger partial charge >= 0.3 is 24.1 Å². The number of carboxylic acid groups (broad SMARTS) is 1. The molecule has 8 nitrogen and oxygen atoms in total. The Hall–Kier alpha value is -4.17. The van der Waals surface area contributed by atoms with Gasteiger partial charge in [0.05, 0.1) is 11.4 Å². The first-order chi connectivity index (χ1) is 17.5. The van der Waals surface area contributed by atoms with E-state index in [1.54, 1.807) is 0 Å². The van der Waals surface area contributed by atoms with Crippen molar-refractivity contribution in [2.24, 2.45) is 0 Å². The monoisotopic (exact) mass is 547 g/mol. The third-order valence-electron chi connectivity index (χ3n) is 5.77. The number of nitrogens with one attached hydrogen (secondary N) is 1. The van der Waals surface area contributed by atoms with Crippen LogP contribution in [0.1, 0.15) is 34.0 Å². The van der Waals surface area contributed by atoms with Gasteiger partial charge in [0.15, 0.2) is 0 Å². The summed E-state index contributed by atoms with van der Waals surface area (Å²) < 4.78 is 95.4. The third kappa shape index (κ3) is 4.99. The van der Waals surface area contributed by atoms with Crippen molar-refractivity contribution in [2.75, 3.05) is 17.3 Å². The van der Waals surface area contributed by atoms with Gasteiger partial charge in [0.25, 0.3) is 5.91 Å². The van der Waals surface area contributed by atoms with Crippen LogP contribution in [0.5, 0.6) is 0 Å². The number of aromatic nitrogens is 3. The zero-order chi connectivity index (χ0) is 28.6. The molecule has 0 unspecified atom stereocenters. The summed E-state index contributed by atoms with van der Waals surface area (Å²) in [6, 6.07) is 4.68. The number of aryl methyl sites for hydroxylation is 2. The van der Waals surface area contributed by atoms with Gasteiger partial charge < -0.3 is 10.4 Å². The molecule has 2 N–H and O–H groups in total. The van der Waals surface area contributed by atoms with Crippen molar-refractivity contribution in [2.45, 2.75) is 38.3 Å². The van der Waals surface area contributed by atoms with Crippen LogP contribution in [0.25, 0.3) is 5.69 Å². The van der Waals surface area contributed by atoms with Crippen LogP contribution in [0.2, 0.25) is 0 Å². The fraction of sp³-hybridized carbons (Fsp3) is 0.304. The highest BCUT2D eigenvalue weighted by atomic mass is 19.4. The Bertz CT molecular complexity index is 1340. The zero-order valence-corrected chi connectivity index (χ0v) is 19.9. The molecule has 0 aliphatic rings. The summed E-state index contributed by atoms with van der Waals surface area (Å²) in [5.74, 6) is -0.848. The molecule has 204 valence electrons. The van der Waals surface area contributed by atoms with Crippen molar-refractivity contribution in [1.82, 2.24) is 14.8 Å². The number of carbonyl (C=O) groups excluding carboxylic acids is 1. The lowest BCUT2D eigenvalue weighted by Gasteiger charge is -2.31. The second kappa shape index (κ2) is 9.95. The van der Waals surface area contributed by atoms with Gasteiger partial charge in [-0.2, -0.15) is 31.4 Å². The van der Waals surface area contributed by atoms with E-state index in [2.05, 4.69) is 15.4 Å². The van der Waals surface area contributed by atoms with E-state index in [-0.39, 0.29) is 40.2 Å². The van der Waals surface area contributed by atoms with Gasteiger partial charge in [0, 0.05) is 23.9 Å². The molecule has 0 spiro atoms. The maximum Gasteiger partial charge on any atom is 0.435 e. The maximum absolute atomic E-state index is 14.6. The number of benzene rings is 2. The summed E-state index contributed by atoms with van der Waals surface area (Å²) in [5.41, 5.74) is -7.63. The van der Waals surface area contributed by atoms with Crippen molar-refractivity contribution < 1.29 is 45.4 Å². The lowest BCUT2D eigenvalue weighted by molar-refractivity contribution is -0.348. The Morgan fingerprint density at radius 1 is 1.05 bits per heavy atom. The molecule has 0 saturated heterocycles. The molecule has 2 amide bonds. The van der Waals surface area contributed by atoms with Gasteiger partial charge in [0.1, 0.15) is 12.7 Å². The molecule has 1 aromatic heterocycles. The highest BCUT2D eigenvalue weighted by Crippen LogP contribution is 2.53. The van der Waals surface area contributed by atoms with Crippen LogP contribution in [-0.2, 0) is 12.1 Å². The summed E-state index contributed by atoms with van der Waals surface area (Å²) in [6.07, 6.45) is -11.6. The van der Waals surface area contributed by atoms with Crippen LogP contribution in [0, 0.1) is 6.92 Å². The van der Waals surface area contributed by atoms with Crippen LogP contribution in [0.4, 0.5) is 46.9 Å². The molecule has 15 heteroatoms. The van der Waals surface area contributed by atoms with E-state index in [1.165, 1.54) is 49.5 Å². The lowest BCUT2D eigenvalue weighted by Crippen LogP contribution is -2.50. The predicted octanol–water partition coefficient (Wildman–Crippen LogP) is 5.79. The Morgan fingerprint density at radius 3 is 2.18 bits per heavy atom. The quantitative estimate of drug-likeness (QED) is 0.381. The molecule has 38 heavy (non-hydrogen) atoms. The van der Waals surface area contributed by atoms with Gasteiger partial charge in [-0.05, 0) is 48.7 Å². The number of anilines is 2. The molecule has 3 rings (SSSR count). The SMILES string of the molecule is CCc1cc(C(F)(C(F)(F)F)C(F)(F)F)cc(C)c1NC(=O)c1ccc(-n2cncn2)c(N(C)C(=O)O)c1. The average molecular weight is 547 g/mol. The van der Waals surface area contributed by atoms with E-state index in [0.717, 1.165) is 11.8 Å². The minimum absolute atomic E-state index is 0.0241. The number of carbonyl (C=O) groups is 2. The molecule has 3 aromatic rings. The second-order valence-corrected chi connectivity index (χ2v) is 8.17. The van der Waals surface area contributed by atoms with Crippen molar-refractivity contribution in [1.29, 1.82) is 0 Å². The average Bonchev–Trinajstić information content (AvgIpc) is 3.36. The number of amides is 2. The standard InChI is InChI=1S/C23H20F7N5O3/c1-4-13-8-15(21(24,22(25,26)27)23(28,29)30)7-12(2)18(13)33-19(36)14-5-6-16(35-11-31-10-32-35)17(9-14)34(3)20(37)38/h5-11H,4H2,1-3H3,(H,33,36)(H,37,38). The van der Waals surface area contributed by atoms with Crippen molar-refractivity contribution >= 4 is 23.4 Å². The molecule has 0 saturated carbocycles. The molecule has 0 radical (unpaired) electrons. The van der Waals surface area contributed by atoms with Crippen molar-refractivity contribution in [3.63, 3.8) is 0 Å². The van der Waals surface area contributed by atoms with E-state index in [4.69, 9.17) is 0 Å². The predicted molar refractivity (Wildman–Crippen MR) is 121 cm³/mol. The largest absolute Gasteiger partial charge is 0.465 e. The van der Waals surface area contributed by atoms with Gasteiger partial charge in [-0.3, -0.25) is 9.69 Å². The van der Waals surface area contributed by atoms with Crippen LogP contribution in [0.3, 0.4) is 0 Å². The Kier molecular flexibility index (Phi) is 7.43. The van der Waals surface area contributed by atoms with Crippen LogP contribution in [-0.4, -0.2) is 51.3 Å². The summed E-state index contributed by atoms with van der Waals surface area (Å²) >= 11 is 0. The van der Waals surface area contributed by atoms with Crippen LogP contribution >= 0.6 is 0 Å². The molecular weight excluding hydrogens is 527 g/mol. The third-order valence-corrected chi connectivity index (χ3v) is 5.77. The Balaban J connectivity index is 2.06. The lowest BCUT2D eigenvalue weighted by atomic mass is 9.89. The number of hydrogen-bond acceptors (Lipinski definition) is 4. The van der Waals surface area contributed by atoms with E-state index in [9.17, 15) is 45.4 Å². The van der Waals surface area contributed by atoms with Gasteiger partial charge in [-0.1, -0.05) is 13.0 Å². The van der Waals surface area contributed by atoms with E-state index < -0.39 is 35.6 Å². The normalized spacial score (nSPS) is 12.4. The van der Waals surface area contributed by atoms with Gasteiger partial charge in [-0.15, -0.1) is 0 Å². The minimum atomic E-state index is -6.29.